The van der Waals surface area contributed by atoms with Crippen LogP contribution in [0.2, 0.25) is 0 Å². The molecular formula is C10H13BrN2O3S. The van der Waals surface area contributed by atoms with E-state index in [0.29, 0.717) is 18.8 Å². The normalized spacial score (nSPS) is 21.0. The number of pyridine rings is 1. The van der Waals surface area contributed by atoms with Crippen LogP contribution in [0.5, 0.6) is 0 Å². The van der Waals surface area contributed by atoms with Gasteiger partial charge in [-0.2, -0.15) is 10.6 Å². The minimum atomic E-state index is -2.46. The van der Waals surface area contributed by atoms with E-state index in [9.17, 15) is 13.9 Å². The zero-order valence-electron chi connectivity index (χ0n) is 9.04. The van der Waals surface area contributed by atoms with Crippen molar-refractivity contribution in [3.63, 3.8) is 0 Å². The first-order valence-electron chi connectivity index (χ1n) is 5.12. The minimum Gasteiger partial charge on any atom is -0.334 e. The van der Waals surface area contributed by atoms with E-state index in [1.165, 1.54) is 0 Å². The second-order valence-electron chi connectivity index (χ2n) is 3.86. The van der Waals surface area contributed by atoms with Gasteiger partial charge in [-0.3, -0.25) is 13.9 Å². The van der Waals surface area contributed by atoms with Crippen LogP contribution < -0.4 is 0 Å². The first kappa shape index (κ1) is 12.8. The van der Waals surface area contributed by atoms with Crippen molar-refractivity contribution in [3.8, 4) is 0 Å². The molecule has 5 nitrogen and oxygen atoms in total. The highest BCUT2D eigenvalue weighted by molar-refractivity contribution is 9.10. The highest BCUT2D eigenvalue weighted by atomic mass is 79.9. The molecule has 1 aliphatic rings. The predicted molar refractivity (Wildman–Crippen MR) is 70.4 cm³/mol. The van der Waals surface area contributed by atoms with Crippen LogP contribution in [0.3, 0.4) is 0 Å². The molecule has 2 heterocycles. The van der Waals surface area contributed by atoms with E-state index in [1.54, 1.807) is 23.2 Å². The van der Waals surface area contributed by atoms with Crippen LogP contribution in [-0.4, -0.2) is 49.5 Å². The van der Waals surface area contributed by atoms with Crippen molar-refractivity contribution >= 4 is 32.4 Å². The lowest BCUT2D eigenvalue weighted by Crippen LogP contribution is -2.42. The van der Waals surface area contributed by atoms with Gasteiger partial charge >= 0.3 is 0 Å². The summed E-state index contributed by atoms with van der Waals surface area (Å²) in [5, 5.41) is 0. The Morgan fingerprint density at radius 2 is 2.00 bits per heavy atom. The summed E-state index contributed by atoms with van der Waals surface area (Å²) in [5.41, 5.74) is 0.381. The van der Waals surface area contributed by atoms with Gasteiger partial charge < -0.3 is 4.90 Å². The van der Waals surface area contributed by atoms with E-state index < -0.39 is 10.6 Å². The highest BCUT2D eigenvalue weighted by Gasteiger charge is 2.26. The van der Waals surface area contributed by atoms with E-state index >= 15 is 0 Å². The van der Waals surface area contributed by atoms with Crippen molar-refractivity contribution in [2.75, 3.05) is 24.6 Å². The highest BCUT2D eigenvalue weighted by Crippen LogP contribution is 2.40. The third kappa shape index (κ3) is 3.19. The molecule has 0 spiro atoms. The molecule has 1 saturated heterocycles. The summed E-state index contributed by atoms with van der Waals surface area (Å²) in [6, 6.07) is 3.41. The lowest BCUT2D eigenvalue weighted by molar-refractivity contribution is 0.0762. The minimum absolute atomic E-state index is 0.160. The lowest BCUT2D eigenvalue weighted by Gasteiger charge is -2.40. The van der Waals surface area contributed by atoms with Gasteiger partial charge in [-0.05, 0) is 28.1 Å². The number of aromatic nitrogens is 1. The molecule has 1 aromatic rings. The Morgan fingerprint density at radius 1 is 1.35 bits per heavy atom. The first-order valence-corrected chi connectivity index (χ1v) is 7.80. The van der Waals surface area contributed by atoms with Gasteiger partial charge in [0.05, 0.1) is 11.5 Å². The van der Waals surface area contributed by atoms with Gasteiger partial charge in [0.15, 0.2) is 0 Å². The van der Waals surface area contributed by atoms with Crippen LogP contribution in [0.4, 0.5) is 0 Å². The van der Waals surface area contributed by atoms with Gasteiger partial charge in [0.1, 0.15) is 5.69 Å². The number of carbonyl (C=O) groups is 1. The summed E-state index contributed by atoms with van der Waals surface area (Å²) < 4.78 is 19.7. The second kappa shape index (κ2) is 4.93. The molecule has 1 aliphatic heterocycles. The van der Waals surface area contributed by atoms with Gasteiger partial charge in [-0.1, -0.05) is 0 Å². The molecule has 7 heteroatoms. The number of carbonyl (C=O) groups excluding carboxylic acids is 1. The van der Waals surface area contributed by atoms with Crippen molar-refractivity contribution in [2.45, 2.75) is 0 Å². The molecule has 0 saturated carbocycles. The number of halogens is 1. The largest absolute Gasteiger partial charge is 0.334 e. The summed E-state index contributed by atoms with van der Waals surface area (Å²) in [4.78, 5) is 17.7. The van der Waals surface area contributed by atoms with Crippen molar-refractivity contribution in [1.82, 2.24) is 9.88 Å². The smallest absolute Gasteiger partial charge is 0.272 e. The van der Waals surface area contributed by atoms with Crippen molar-refractivity contribution in [2.24, 2.45) is 0 Å². The van der Waals surface area contributed by atoms with Crippen molar-refractivity contribution in [3.05, 3.63) is 28.5 Å². The third-order valence-corrected chi connectivity index (χ3v) is 4.75. The quantitative estimate of drug-likeness (QED) is 0.830. The van der Waals surface area contributed by atoms with Crippen molar-refractivity contribution < 1.29 is 13.9 Å². The average Bonchev–Trinajstić information content (AvgIpc) is 2.29. The average molecular weight is 321 g/mol. The Kier molecular flexibility index (Phi) is 3.72. The van der Waals surface area contributed by atoms with E-state index in [2.05, 4.69) is 20.9 Å². The molecule has 2 N–H and O–H groups in total. The number of rotatable bonds is 1. The Hall–Kier alpha value is -0.630. The standard InChI is InChI=1S/C10H13BrN2O3S/c11-8-1-2-9(12-7-8)10(14)13-3-5-17(15,16)6-4-13/h1-2,7,15-16H,3-6H2. The van der Waals surface area contributed by atoms with Gasteiger partial charge in [-0.15, -0.1) is 0 Å². The van der Waals surface area contributed by atoms with Gasteiger partial charge in [0.2, 0.25) is 0 Å². The summed E-state index contributed by atoms with van der Waals surface area (Å²) in [5.74, 6) is 0.359. The van der Waals surface area contributed by atoms with Crippen LogP contribution in [0.1, 0.15) is 10.5 Å². The molecule has 0 atom stereocenters. The molecule has 17 heavy (non-hydrogen) atoms. The van der Waals surface area contributed by atoms with Gasteiger partial charge in [-0.25, -0.2) is 4.98 Å². The van der Waals surface area contributed by atoms with Crippen LogP contribution in [0.15, 0.2) is 22.8 Å². The molecule has 2 rings (SSSR count). The maximum atomic E-state index is 12.0. The molecule has 1 aromatic heterocycles. The summed E-state index contributed by atoms with van der Waals surface area (Å²) in [6.07, 6.45) is 1.57. The molecule has 0 unspecified atom stereocenters. The van der Waals surface area contributed by atoms with Crippen LogP contribution in [-0.2, 0) is 0 Å². The summed E-state index contributed by atoms with van der Waals surface area (Å²) in [7, 11) is -2.46. The van der Waals surface area contributed by atoms with E-state index in [4.69, 9.17) is 0 Å². The summed E-state index contributed by atoms with van der Waals surface area (Å²) >= 11 is 3.26. The summed E-state index contributed by atoms with van der Waals surface area (Å²) in [6.45, 7) is 0.748. The topological polar surface area (TPSA) is 73.7 Å². The van der Waals surface area contributed by atoms with Gasteiger partial charge in [0, 0.05) is 23.8 Å². The van der Waals surface area contributed by atoms with Crippen LogP contribution >= 0.6 is 26.5 Å². The Labute approximate surface area is 109 Å². The molecule has 0 aromatic carbocycles. The number of amides is 1. The maximum absolute atomic E-state index is 12.0. The fraction of sp³-hybridized carbons (Fsp3) is 0.400. The molecular weight excluding hydrogens is 308 g/mol. The number of nitrogens with zero attached hydrogens (tertiary/aromatic N) is 2. The number of hydrogen-bond donors (Lipinski definition) is 2. The fourth-order valence-electron chi connectivity index (χ4n) is 1.59. The Bertz CT molecular complexity index is 414. The van der Waals surface area contributed by atoms with E-state index in [1.807, 2.05) is 0 Å². The fourth-order valence-corrected chi connectivity index (χ4v) is 3.06. The van der Waals surface area contributed by atoms with Crippen LogP contribution in [0.25, 0.3) is 0 Å². The zero-order valence-corrected chi connectivity index (χ0v) is 11.4. The second-order valence-corrected chi connectivity index (χ2v) is 7.20. The SMILES string of the molecule is O=C(c1ccc(Br)cn1)N1CCS(O)(O)CC1. The molecule has 0 bridgehead atoms. The first-order chi connectivity index (χ1) is 7.98. The predicted octanol–water partition coefficient (Wildman–Crippen LogP) is 2.05. The lowest BCUT2D eigenvalue weighted by atomic mass is 10.3. The Balaban J connectivity index is 2.04. The third-order valence-electron chi connectivity index (χ3n) is 2.61. The molecule has 94 valence electrons. The molecule has 1 fully saturated rings. The molecule has 1 amide bonds. The van der Waals surface area contributed by atoms with E-state index in [-0.39, 0.29) is 17.4 Å². The molecule has 0 radical (unpaired) electrons. The monoisotopic (exact) mass is 320 g/mol. The van der Waals surface area contributed by atoms with Crippen molar-refractivity contribution in [1.29, 1.82) is 0 Å². The number of hydrogen-bond acceptors (Lipinski definition) is 4. The molecule has 0 aliphatic carbocycles. The Morgan fingerprint density at radius 3 is 2.53 bits per heavy atom. The van der Waals surface area contributed by atoms with Crippen LogP contribution in [0, 0.1) is 0 Å². The maximum Gasteiger partial charge on any atom is 0.272 e. The van der Waals surface area contributed by atoms with Gasteiger partial charge in [0.25, 0.3) is 5.91 Å². The van der Waals surface area contributed by atoms with E-state index in [0.717, 1.165) is 4.47 Å². The zero-order chi connectivity index (χ0) is 12.5.